The highest BCUT2D eigenvalue weighted by Gasteiger charge is 2.25. The van der Waals surface area contributed by atoms with E-state index >= 15 is 0 Å². The van der Waals surface area contributed by atoms with Crippen molar-refractivity contribution in [2.45, 2.75) is 13.3 Å². The van der Waals surface area contributed by atoms with E-state index in [4.69, 9.17) is 5.73 Å². The number of aromatic nitrogens is 7. The molecule has 4 aromatic rings. The minimum absolute atomic E-state index is 0.0388. The smallest absolute Gasteiger partial charge is 0.257 e. The Labute approximate surface area is 165 Å². The fourth-order valence-corrected chi connectivity index (χ4v) is 3.77. The number of carbonyl (C=O) groups is 1. The molecule has 5 rings (SSSR count). The van der Waals surface area contributed by atoms with Crippen molar-refractivity contribution in [1.29, 1.82) is 0 Å². The summed E-state index contributed by atoms with van der Waals surface area (Å²) >= 11 is 0. The number of fused-ring (bicyclic) bond motifs is 2. The first-order valence-electron chi connectivity index (χ1n) is 9.42. The van der Waals surface area contributed by atoms with Crippen molar-refractivity contribution in [2.24, 2.45) is 0 Å². The molecule has 1 amide bonds. The molecule has 1 fully saturated rings. The molecule has 0 spiro atoms. The van der Waals surface area contributed by atoms with E-state index < -0.39 is 0 Å². The Hall–Kier alpha value is -3.76. The molecule has 1 aliphatic heterocycles. The van der Waals surface area contributed by atoms with Crippen LogP contribution in [0.1, 0.15) is 22.5 Å². The second kappa shape index (κ2) is 6.69. The molecule has 148 valence electrons. The Balaban J connectivity index is 1.40. The Bertz CT molecular complexity index is 1210. The number of aromatic amines is 1. The zero-order valence-corrected chi connectivity index (χ0v) is 15.9. The SMILES string of the molecule is Cc1c(C(=O)N2CCCN(c3nc(N)nc4nc[nH]c34)CC2)cnc2ccnn12. The van der Waals surface area contributed by atoms with Crippen molar-refractivity contribution in [3.8, 4) is 0 Å². The van der Waals surface area contributed by atoms with Gasteiger partial charge in [-0.3, -0.25) is 4.79 Å². The molecule has 11 nitrogen and oxygen atoms in total. The molecular weight excluding hydrogens is 372 g/mol. The Kier molecular flexibility index (Phi) is 4.00. The van der Waals surface area contributed by atoms with Gasteiger partial charge < -0.3 is 20.5 Å². The van der Waals surface area contributed by atoms with Crippen LogP contribution in [0.2, 0.25) is 0 Å². The molecule has 1 saturated heterocycles. The van der Waals surface area contributed by atoms with E-state index in [-0.39, 0.29) is 11.9 Å². The molecule has 0 aliphatic carbocycles. The maximum absolute atomic E-state index is 13.2. The molecule has 0 unspecified atom stereocenters. The van der Waals surface area contributed by atoms with Gasteiger partial charge in [0, 0.05) is 38.4 Å². The number of amides is 1. The summed E-state index contributed by atoms with van der Waals surface area (Å²) in [5, 5.41) is 4.25. The van der Waals surface area contributed by atoms with Crippen molar-refractivity contribution in [3.63, 3.8) is 0 Å². The highest BCUT2D eigenvalue weighted by molar-refractivity contribution is 5.95. The minimum atomic E-state index is -0.0388. The molecule has 1 aliphatic rings. The van der Waals surface area contributed by atoms with Crippen LogP contribution in [0.25, 0.3) is 16.8 Å². The molecule has 0 atom stereocenters. The fourth-order valence-electron chi connectivity index (χ4n) is 3.77. The van der Waals surface area contributed by atoms with E-state index in [0.29, 0.717) is 30.8 Å². The number of imidazole rings is 1. The number of carbonyl (C=O) groups excluding carboxylic acids is 1. The summed E-state index contributed by atoms with van der Waals surface area (Å²) in [7, 11) is 0. The topological polar surface area (TPSA) is 134 Å². The lowest BCUT2D eigenvalue weighted by atomic mass is 10.2. The number of H-pyrrole nitrogens is 1. The molecule has 3 N–H and O–H groups in total. The van der Waals surface area contributed by atoms with E-state index in [0.717, 1.165) is 35.6 Å². The standard InChI is InChI=1S/C18H20N10O/c1-11-12(9-20-13-3-4-23-28(11)13)17(29)27-6-2-5-26(7-8-27)16-14-15(22-10-21-14)24-18(19)25-16/h3-4,9-10H,2,5-8H2,1H3,(H3,19,21,22,24,25). The minimum Gasteiger partial charge on any atom is -0.368 e. The van der Waals surface area contributed by atoms with Crippen LogP contribution in [0, 0.1) is 6.92 Å². The van der Waals surface area contributed by atoms with Crippen molar-refractivity contribution in [3.05, 3.63) is 36.0 Å². The summed E-state index contributed by atoms with van der Waals surface area (Å²) in [6.45, 7) is 4.49. The lowest BCUT2D eigenvalue weighted by Crippen LogP contribution is -2.36. The summed E-state index contributed by atoms with van der Waals surface area (Å²) < 4.78 is 1.69. The van der Waals surface area contributed by atoms with Crippen LogP contribution in [0.4, 0.5) is 11.8 Å². The number of nitrogen functional groups attached to an aromatic ring is 1. The average molecular weight is 392 g/mol. The summed E-state index contributed by atoms with van der Waals surface area (Å²) in [5.41, 5.74) is 9.23. The molecule has 5 heterocycles. The van der Waals surface area contributed by atoms with Crippen molar-refractivity contribution in [2.75, 3.05) is 36.8 Å². The largest absolute Gasteiger partial charge is 0.368 e. The van der Waals surface area contributed by atoms with Crippen LogP contribution in [0.3, 0.4) is 0 Å². The van der Waals surface area contributed by atoms with Crippen LogP contribution in [0.5, 0.6) is 0 Å². The van der Waals surface area contributed by atoms with Gasteiger partial charge >= 0.3 is 0 Å². The number of aryl methyl sites for hydroxylation is 1. The van der Waals surface area contributed by atoms with E-state index in [9.17, 15) is 4.79 Å². The third-order valence-corrected chi connectivity index (χ3v) is 5.25. The Morgan fingerprint density at radius 2 is 2.07 bits per heavy atom. The highest BCUT2D eigenvalue weighted by atomic mass is 16.2. The number of hydrogen-bond acceptors (Lipinski definition) is 8. The van der Waals surface area contributed by atoms with E-state index in [2.05, 4.69) is 34.9 Å². The molecular formula is C18H20N10O. The van der Waals surface area contributed by atoms with Gasteiger partial charge in [0.25, 0.3) is 5.91 Å². The maximum atomic E-state index is 13.2. The van der Waals surface area contributed by atoms with Gasteiger partial charge in [-0.1, -0.05) is 0 Å². The van der Waals surface area contributed by atoms with Gasteiger partial charge in [0.15, 0.2) is 17.1 Å². The second-order valence-electron chi connectivity index (χ2n) is 7.00. The van der Waals surface area contributed by atoms with Crippen LogP contribution in [0.15, 0.2) is 24.8 Å². The number of rotatable bonds is 2. The zero-order valence-electron chi connectivity index (χ0n) is 15.9. The quantitative estimate of drug-likeness (QED) is 0.507. The van der Waals surface area contributed by atoms with Crippen molar-refractivity contribution < 1.29 is 4.79 Å². The van der Waals surface area contributed by atoms with Gasteiger partial charge in [0.2, 0.25) is 5.95 Å². The molecule has 4 aromatic heterocycles. The predicted octanol–water partition coefficient (Wildman–Crippen LogP) is 0.639. The number of nitrogens with zero attached hydrogens (tertiary/aromatic N) is 8. The normalized spacial score (nSPS) is 15.2. The Morgan fingerprint density at radius 1 is 1.17 bits per heavy atom. The summed E-state index contributed by atoms with van der Waals surface area (Å²) in [6.07, 6.45) is 5.70. The molecule has 11 heteroatoms. The van der Waals surface area contributed by atoms with E-state index in [1.54, 1.807) is 23.2 Å². The maximum Gasteiger partial charge on any atom is 0.257 e. The van der Waals surface area contributed by atoms with Gasteiger partial charge in [-0.15, -0.1) is 0 Å². The van der Waals surface area contributed by atoms with Crippen molar-refractivity contribution in [1.82, 2.24) is 39.4 Å². The number of nitrogens with two attached hydrogens (primary N) is 1. The lowest BCUT2D eigenvalue weighted by molar-refractivity contribution is 0.0765. The fraction of sp³-hybridized carbons (Fsp3) is 0.333. The molecule has 0 bridgehead atoms. The van der Waals surface area contributed by atoms with E-state index in [1.807, 2.05) is 17.9 Å². The Morgan fingerprint density at radius 3 is 2.97 bits per heavy atom. The van der Waals surface area contributed by atoms with Crippen LogP contribution in [-0.2, 0) is 0 Å². The predicted molar refractivity (Wildman–Crippen MR) is 107 cm³/mol. The van der Waals surface area contributed by atoms with Gasteiger partial charge in [-0.2, -0.15) is 15.1 Å². The van der Waals surface area contributed by atoms with Crippen LogP contribution < -0.4 is 10.6 Å². The summed E-state index contributed by atoms with van der Waals surface area (Å²) in [4.78, 5) is 37.3. The molecule has 0 aromatic carbocycles. The zero-order chi connectivity index (χ0) is 20.0. The molecule has 0 radical (unpaired) electrons. The number of nitrogens with one attached hydrogen (secondary N) is 1. The van der Waals surface area contributed by atoms with Gasteiger partial charge in [0.1, 0.15) is 5.52 Å². The van der Waals surface area contributed by atoms with Crippen molar-refractivity contribution >= 4 is 34.5 Å². The molecule has 29 heavy (non-hydrogen) atoms. The number of anilines is 2. The average Bonchev–Trinajstić information content (AvgIpc) is 3.31. The van der Waals surface area contributed by atoms with Gasteiger partial charge in [-0.25, -0.2) is 14.5 Å². The second-order valence-corrected chi connectivity index (χ2v) is 7.00. The number of hydrogen-bond donors (Lipinski definition) is 2. The van der Waals surface area contributed by atoms with Gasteiger partial charge in [-0.05, 0) is 13.3 Å². The first kappa shape index (κ1) is 17.3. The van der Waals surface area contributed by atoms with E-state index in [1.165, 1.54) is 0 Å². The van der Waals surface area contributed by atoms with Crippen LogP contribution >= 0.6 is 0 Å². The monoisotopic (exact) mass is 392 g/mol. The third kappa shape index (κ3) is 2.91. The lowest BCUT2D eigenvalue weighted by Gasteiger charge is -2.23. The van der Waals surface area contributed by atoms with Crippen LogP contribution in [-0.4, -0.2) is 71.5 Å². The highest BCUT2D eigenvalue weighted by Crippen LogP contribution is 2.23. The van der Waals surface area contributed by atoms with Gasteiger partial charge in [0.05, 0.1) is 23.8 Å². The summed E-state index contributed by atoms with van der Waals surface area (Å²) in [5.74, 6) is 0.865. The first-order chi connectivity index (χ1) is 14.1. The third-order valence-electron chi connectivity index (χ3n) is 5.25. The molecule has 0 saturated carbocycles. The first-order valence-corrected chi connectivity index (χ1v) is 9.42. The summed E-state index contributed by atoms with van der Waals surface area (Å²) in [6, 6.07) is 1.81.